The smallest absolute Gasteiger partial charge is 0.450 e. The highest BCUT2D eigenvalue weighted by Gasteiger charge is 2.40. The number of alkyl halides is 3. The van der Waals surface area contributed by atoms with Crippen LogP contribution in [0, 0.1) is 0 Å². The number of carboxylic acids is 1. The number of methoxy groups -OCH3 is 1. The lowest BCUT2D eigenvalue weighted by Crippen LogP contribution is -2.16. The van der Waals surface area contributed by atoms with Crippen molar-refractivity contribution in [2.45, 2.75) is 12.8 Å². The summed E-state index contributed by atoms with van der Waals surface area (Å²) < 4.78 is 62.4. The van der Waals surface area contributed by atoms with Crippen LogP contribution in [0.3, 0.4) is 0 Å². The molecule has 170 valence electrons. The molecule has 0 spiro atoms. The van der Waals surface area contributed by atoms with E-state index >= 15 is 0 Å². The molecule has 0 saturated carbocycles. The third-order valence-electron chi connectivity index (χ3n) is 4.75. The molecule has 0 aliphatic rings. The summed E-state index contributed by atoms with van der Waals surface area (Å²) in [4.78, 5) is 24.0. The predicted octanol–water partition coefficient (Wildman–Crippen LogP) is 5.36. The number of hydrogen-bond acceptors (Lipinski definition) is 6. The Morgan fingerprint density at radius 1 is 1.06 bits per heavy atom. The molecule has 0 radical (unpaired) electrons. The normalized spacial score (nSPS) is 11.5. The molecule has 0 atom stereocenters. The molecule has 0 bridgehead atoms. The Kier molecular flexibility index (Phi) is 5.59. The van der Waals surface area contributed by atoms with E-state index < -0.39 is 28.9 Å². The third-order valence-corrected chi connectivity index (χ3v) is 4.75. The van der Waals surface area contributed by atoms with Gasteiger partial charge < -0.3 is 23.4 Å². The molecule has 4 aromatic rings. The van der Waals surface area contributed by atoms with E-state index in [-0.39, 0.29) is 46.2 Å². The lowest BCUT2D eigenvalue weighted by atomic mass is 10.0. The number of benzene rings is 2. The summed E-state index contributed by atoms with van der Waals surface area (Å²) in [6.45, 7) is -0.186. The fourth-order valence-electron chi connectivity index (χ4n) is 3.28. The summed E-state index contributed by atoms with van der Waals surface area (Å²) in [5.41, 5.74) is -1.90. The number of fused-ring (bicyclic) bond motifs is 1. The Bertz CT molecular complexity index is 1400. The van der Waals surface area contributed by atoms with Gasteiger partial charge in [-0.15, -0.1) is 0 Å². The van der Waals surface area contributed by atoms with E-state index in [1.54, 1.807) is 6.07 Å². The first-order valence-electron chi connectivity index (χ1n) is 9.45. The predicted molar refractivity (Wildman–Crippen MR) is 109 cm³/mol. The second-order valence-corrected chi connectivity index (χ2v) is 6.85. The molecule has 33 heavy (non-hydrogen) atoms. The van der Waals surface area contributed by atoms with Crippen molar-refractivity contribution in [2.24, 2.45) is 0 Å². The van der Waals surface area contributed by atoms with Crippen LogP contribution >= 0.6 is 0 Å². The molecule has 4 rings (SSSR count). The van der Waals surface area contributed by atoms with Crippen molar-refractivity contribution < 1.29 is 41.4 Å². The van der Waals surface area contributed by atoms with Crippen LogP contribution in [0.25, 0.3) is 22.1 Å². The van der Waals surface area contributed by atoms with E-state index in [2.05, 4.69) is 0 Å². The van der Waals surface area contributed by atoms with Gasteiger partial charge in [-0.05, 0) is 30.3 Å². The first kappa shape index (κ1) is 22.0. The highest BCUT2D eigenvalue weighted by molar-refractivity contribution is 5.85. The van der Waals surface area contributed by atoms with Gasteiger partial charge in [-0.25, -0.2) is 4.79 Å². The van der Waals surface area contributed by atoms with E-state index in [9.17, 15) is 22.8 Å². The van der Waals surface area contributed by atoms with Gasteiger partial charge in [0.1, 0.15) is 29.4 Å². The number of para-hydroxylation sites is 1. The number of carboxylic acid groups (broad SMARTS) is 1. The van der Waals surface area contributed by atoms with E-state index in [1.807, 2.05) is 0 Å². The molecule has 0 aliphatic heterocycles. The molecule has 0 amide bonds. The van der Waals surface area contributed by atoms with Crippen LogP contribution in [-0.4, -0.2) is 18.2 Å². The molecular weight excluding hydrogens is 445 g/mol. The molecule has 10 heteroatoms. The van der Waals surface area contributed by atoms with Gasteiger partial charge in [0, 0.05) is 11.6 Å². The third kappa shape index (κ3) is 4.27. The van der Waals surface area contributed by atoms with Gasteiger partial charge in [0.25, 0.3) is 0 Å². The summed E-state index contributed by atoms with van der Waals surface area (Å²) in [6.07, 6.45) is -4.96. The van der Waals surface area contributed by atoms with E-state index in [0.29, 0.717) is 0 Å². The van der Waals surface area contributed by atoms with Gasteiger partial charge in [-0.1, -0.05) is 18.2 Å². The summed E-state index contributed by atoms with van der Waals surface area (Å²) in [7, 11) is 1.29. The van der Waals surface area contributed by atoms with Crippen LogP contribution in [0.1, 0.15) is 22.1 Å². The van der Waals surface area contributed by atoms with Crippen molar-refractivity contribution in [3.05, 3.63) is 82.1 Å². The molecule has 2 heterocycles. The number of halogens is 3. The van der Waals surface area contributed by atoms with Gasteiger partial charge in [-0.3, -0.25) is 4.79 Å². The summed E-state index contributed by atoms with van der Waals surface area (Å²) >= 11 is 0. The first-order valence-corrected chi connectivity index (χ1v) is 9.45. The van der Waals surface area contributed by atoms with E-state index in [1.165, 1.54) is 49.6 Å². The molecule has 1 N–H and O–H groups in total. The van der Waals surface area contributed by atoms with E-state index in [4.69, 9.17) is 23.4 Å². The van der Waals surface area contributed by atoms with Crippen LogP contribution in [-0.2, 0) is 12.8 Å². The summed E-state index contributed by atoms with van der Waals surface area (Å²) in [5.74, 6) is -2.61. The Morgan fingerprint density at radius 3 is 2.48 bits per heavy atom. The number of rotatable bonds is 6. The molecule has 0 aliphatic carbocycles. The highest BCUT2D eigenvalue weighted by Crippen LogP contribution is 2.40. The second kappa shape index (κ2) is 8.38. The van der Waals surface area contributed by atoms with Crippen molar-refractivity contribution >= 4 is 16.9 Å². The standard InChI is InChI=1S/C23H15F3O7/c1-30-16-5-3-2-4-14(16)19-20(27)15-8-6-12(10-18(15)33-21(19)23(24,25)26)31-11-13-7-9-17(32-13)22(28)29/h2-10H,11H2,1H3,(H,28,29). The molecule has 0 unspecified atom stereocenters. The van der Waals surface area contributed by atoms with Gasteiger partial charge in [0.05, 0.1) is 18.1 Å². The van der Waals surface area contributed by atoms with Crippen LogP contribution in [0.4, 0.5) is 13.2 Å². The fraction of sp³-hybridized carbons (Fsp3) is 0.130. The maximum Gasteiger partial charge on any atom is 0.450 e. The van der Waals surface area contributed by atoms with E-state index in [0.717, 1.165) is 6.07 Å². The van der Waals surface area contributed by atoms with Crippen LogP contribution in [0.5, 0.6) is 11.5 Å². The van der Waals surface area contributed by atoms with Crippen LogP contribution < -0.4 is 14.9 Å². The fourth-order valence-corrected chi connectivity index (χ4v) is 3.28. The molecular formula is C23H15F3O7. The van der Waals surface area contributed by atoms with Crippen molar-refractivity contribution in [3.8, 4) is 22.6 Å². The molecule has 0 fully saturated rings. The summed E-state index contributed by atoms with van der Waals surface area (Å²) in [5, 5.41) is 8.80. The molecule has 2 aromatic heterocycles. The molecule has 0 saturated heterocycles. The molecule has 7 nitrogen and oxygen atoms in total. The zero-order chi connectivity index (χ0) is 23.8. The SMILES string of the molecule is COc1ccccc1-c1c(C(F)(F)F)oc2cc(OCc3ccc(C(=O)O)o3)ccc2c1=O. The average molecular weight is 460 g/mol. The Balaban J connectivity index is 1.78. The monoisotopic (exact) mass is 460 g/mol. The van der Waals surface area contributed by atoms with Gasteiger partial charge >= 0.3 is 12.1 Å². The Labute approximate surface area is 183 Å². The largest absolute Gasteiger partial charge is 0.496 e. The highest BCUT2D eigenvalue weighted by atomic mass is 19.4. The van der Waals surface area contributed by atoms with Gasteiger partial charge in [0.2, 0.25) is 16.9 Å². The number of ether oxygens (including phenoxy) is 2. The van der Waals surface area contributed by atoms with Crippen LogP contribution in [0.15, 0.2) is 68.2 Å². The molecule has 2 aromatic carbocycles. The van der Waals surface area contributed by atoms with Gasteiger partial charge in [0.15, 0.2) is 0 Å². The minimum Gasteiger partial charge on any atom is -0.496 e. The minimum absolute atomic E-state index is 0.0460. The van der Waals surface area contributed by atoms with Crippen molar-refractivity contribution in [1.29, 1.82) is 0 Å². The number of aromatic carboxylic acids is 1. The van der Waals surface area contributed by atoms with Gasteiger partial charge in [-0.2, -0.15) is 13.2 Å². The first-order chi connectivity index (χ1) is 15.7. The van der Waals surface area contributed by atoms with Crippen LogP contribution in [0.2, 0.25) is 0 Å². The van der Waals surface area contributed by atoms with Crippen molar-refractivity contribution in [2.75, 3.05) is 7.11 Å². The maximum atomic E-state index is 13.9. The number of furan rings is 1. The summed E-state index contributed by atoms with van der Waals surface area (Å²) in [6, 6.07) is 12.3. The van der Waals surface area contributed by atoms with Crippen molar-refractivity contribution in [1.82, 2.24) is 0 Å². The lowest BCUT2D eigenvalue weighted by molar-refractivity contribution is -0.152. The minimum atomic E-state index is -4.96. The zero-order valence-corrected chi connectivity index (χ0v) is 16.9. The Morgan fingerprint density at radius 2 is 1.82 bits per heavy atom. The number of carbonyl (C=O) groups is 1. The maximum absolute atomic E-state index is 13.9. The average Bonchev–Trinajstić information content (AvgIpc) is 3.26. The quantitative estimate of drug-likeness (QED) is 0.414. The van der Waals surface area contributed by atoms with Crippen molar-refractivity contribution in [3.63, 3.8) is 0 Å². The number of hydrogen-bond donors (Lipinski definition) is 1. The zero-order valence-electron chi connectivity index (χ0n) is 16.9. The lowest BCUT2D eigenvalue weighted by Gasteiger charge is -2.15. The topological polar surface area (TPSA) is 99.1 Å². The Hall–Kier alpha value is -4.21. The second-order valence-electron chi connectivity index (χ2n) is 6.85.